The number of sulfonamides is 1. The van der Waals surface area contributed by atoms with Crippen LogP contribution in [0.15, 0.2) is 77.1 Å². The Bertz CT molecular complexity index is 1380. The van der Waals surface area contributed by atoms with E-state index in [1.807, 2.05) is 54.8 Å². The highest BCUT2D eigenvalue weighted by molar-refractivity contribution is 7.89. The summed E-state index contributed by atoms with van der Waals surface area (Å²) in [5.41, 5.74) is 3.29. The van der Waals surface area contributed by atoms with Gasteiger partial charge in [-0.1, -0.05) is 42.5 Å². The zero-order chi connectivity index (χ0) is 23.6. The van der Waals surface area contributed by atoms with Crippen LogP contribution in [0.25, 0.3) is 10.6 Å². The SMILES string of the molecule is Cc1ccc(S(=O)(=O)N(C)C)cc1NC(=O)c1cn(Cc2ccccc2)nc1-c1cccs1. The summed E-state index contributed by atoms with van der Waals surface area (Å²) < 4.78 is 28.0. The number of aryl methyl sites for hydroxylation is 1. The minimum Gasteiger partial charge on any atom is -0.322 e. The average Bonchev–Trinajstić information content (AvgIpc) is 3.45. The lowest BCUT2D eigenvalue weighted by Crippen LogP contribution is -2.22. The number of nitrogens with zero attached hydrogens (tertiary/aromatic N) is 3. The molecule has 4 rings (SSSR count). The third kappa shape index (κ3) is 4.90. The summed E-state index contributed by atoms with van der Waals surface area (Å²) in [6.07, 6.45) is 1.73. The predicted molar refractivity (Wildman–Crippen MR) is 131 cm³/mol. The lowest BCUT2D eigenvalue weighted by Gasteiger charge is -2.14. The Hall–Kier alpha value is -3.27. The average molecular weight is 481 g/mol. The zero-order valence-corrected chi connectivity index (χ0v) is 20.2. The highest BCUT2D eigenvalue weighted by Gasteiger charge is 2.22. The van der Waals surface area contributed by atoms with E-state index < -0.39 is 10.0 Å². The number of anilines is 1. The van der Waals surface area contributed by atoms with Gasteiger partial charge in [-0.15, -0.1) is 11.3 Å². The van der Waals surface area contributed by atoms with Crippen LogP contribution in [0.3, 0.4) is 0 Å². The second-order valence-corrected chi connectivity index (χ2v) is 10.9. The molecule has 0 aliphatic carbocycles. The molecule has 0 saturated heterocycles. The number of carbonyl (C=O) groups excluding carboxylic acids is 1. The van der Waals surface area contributed by atoms with Gasteiger partial charge in [0.1, 0.15) is 5.69 Å². The number of thiophene rings is 1. The fourth-order valence-electron chi connectivity index (χ4n) is 3.33. The molecular formula is C24H24N4O3S2. The monoisotopic (exact) mass is 480 g/mol. The Balaban J connectivity index is 1.68. The number of carbonyl (C=O) groups is 1. The van der Waals surface area contributed by atoms with Crippen LogP contribution >= 0.6 is 11.3 Å². The quantitative estimate of drug-likeness (QED) is 0.423. The number of hydrogen-bond donors (Lipinski definition) is 1. The molecule has 0 atom stereocenters. The van der Waals surface area contributed by atoms with Crippen LogP contribution in [0.1, 0.15) is 21.5 Å². The molecule has 170 valence electrons. The van der Waals surface area contributed by atoms with E-state index in [1.165, 1.54) is 37.6 Å². The van der Waals surface area contributed by atoms with E-state index in [4.69, 9.17) is 0 Å². The fourth-order valence-corrected chi connectivity index (χ4v) is 4.98. The van der Waals surface area contributed by atoms with E-state index in [2.05, 4.69) is 10.4 Å². The number of hydrogen-bond acceptors (Lipinski definition) is 5. The molecule has 7 nitrogen and oxygen atoms in total. The molecule has 2 aromatic carbocycles. The molecule has 1 amide bonds. The maximum atomic E-state index is 13.3. The first-order chi connectivity index (χ1) is 15.8. The standard InChI is InChI=1S/C24H24N4O3S2/c1-17-11-12-19(33(30,31)27(2)3)14-21(17)25-24(29)20-16-28(15-18-8-5-4-6-9-18)26-23(20)22-10-7-13-32-22/h4-14,16H,15H2,1-3H3,(H,25,29). The number of nitrogens with one attached hydrogen (secondary N) is 1. The molecular weight excluding hydrogens is 456 g/mol. The smallest absolute Gasteiger partial charge is 0.259 e. The maximum absolute atomic E-state index is 13.3. The van der Waals surface area contributed by atoms with Gasteiger partial charge in [-0.3, -0.25) is 9.48 Å². The summed E-state index contributed by atoms with van der Waals surface area (Å²) in [6, 6.07) is 18.4. The summed E-state index contributed by atoms with van der Waals surface area (Å²) >= 11 is 1.51. The van der Waals surface area contributed by atoms with Crippen LogP contribution in [0.2, 0.25) is 0 Å². The number of amides is 1. The molecule has 33 heavy (non-hydrogen) atoms. The van der Waals surface area contributed by atoms with Crippen molar-refractivity contribution in [2.24, 2.45) is 0 Å². The lowest BCUT2D eigenvalue weighted by molar-refractivity contribution is 0.102. The minimum atomic E-state index is -3.62. The van der Waals surface area contributed by atoms with Gasteiger partial charge in [0.25, 0.3) is 5.91 Å². The van der Waals surface area contributed by atoms with Crippen molar-refractivity contribution in [1.82, 2.24) is 14.1 Å². The molecule has 0 spiro atoms. The van der Waals surface area contributed by atoms with E-state index in [0.717, 1.165) is 20.3 Å². The van der Waals surface area contributed by atoms with E-state index >= 15 is 0 Å². The molecule has 0 aliphatic rings. The topological polar surface area (TPSA) is 84.3 Å². The normalized spacial score (nSPS) is 11.6. The van der Waals surface area contributed by atoms with Crippen LogP contribution in [0.4, 0.5) is 5.69 Å². The summed E-state index contributed by atoms with van der Waals surface area (Å²) in [6.45, 7) is 2.35. The van der Waals surface area contributed by atoms with Crippen molar-refractivity contribution >= 4 is 33.0 Å². The number of aromatic nitrogens is 2. The summed E-state index contributed by atoms with van der Waals surface area (Å²) in [4.78, 5) is 14.3. The van der Waals surface area contributed by atoms with Gasteiger partial charge in [-0.25, -0.2) is 12.7 Å². The van der Waals surface area contributed by atoms with Gasteiger partial charge in [-0.05, 0) is 41.6 Å². The van der Waals surface area contributed by atoms with Gasteiger partial charge in [-0.2, -0.15) is 5.10 Å². The van der Waals surface area contributed by atoms with Crippen molar-refractivity contribution in [1.29, 1.82) is 0 Å². The van der Waals surface area contributed by atoms with E-state index in [1.54, 1.807) is 16.9 Å². The summed E-state index contributed by atoms with van der Waals surface area (Å²) in [5.74, 6) is -0.347. The second kappa shape index (κ2) is 9.30. The molecule has 1 N–H and O–H groups in total. The molecule has 9 heteroatoms. The van der Waals surface area contributed by atoms with Crippen molar-refractivity contribution in [3.8, 4) is 10.6 Å². The third-order valence-electron chi connectivity index (χ3n) is 5.18. The van der Waals surface area contributed by atoms with Gasteiger partial charge < -0.3 is 5.32 Å². The molecule has 0 unspecified atom stereocenters. The van der Waals surface area contributed by atoms with Gasteiger partial charge in [0.15, 0.2) is 0 Å². The fraction of sp³-hybridized carbons (Fsp3) is 0.167. The molecule has 0 saturated carbocycles. The Labute approximate surface area is 197 Å². The van der Waals surface area contributed by atoms with E-state index in [9.17, 15) is 13.2 Å². The highest BCUT2D eigenvalue weighted by atomic mass is 32.2. The highest BCUT2D eigenvalue weighted by Crippen LogP contribution is 2.29. The zero-order valence-electron chi connectivity index (χ0n) is 18.5. The Morgan fingerprint density at radius 1 is 1.09 bits per heavy atom. The molecule has 2 aromatic heterocycles. The van der Waals surface area contributed by atoms with E-state index in [0.29, 0.717) is 23.5 Å². The van der Waals surface area contributed by atoms with Crippen molar-refractivity contribution in [3.05, 3.63) is 88.9 Å². The Morgan fingerprint density at radius 2 is 1.85 bits per heavy atom. The van der Waals surface area contributed by atoms with E-state index in [-0.39, 0.29) is 10.8 Å². The lowest BCUT2D eigenvalue weighted by atomic mass is 10.1. The van der Waals surface area contributed by atoms with Crippen molar-refractivity contribution in [2.75, 3.05) is 19.4 Å². The minimum absolute atomic E-state index is 0.117. The summed E-state index contributed by atoms with van der Waals surface area (Å²) in [7, 11) is -0.675. The van der Waals surface area contributed by atoms with Crippen LogP contribution in [-0.2, 0) is 16.6 Å². The first kappa shape index (κ1) is 22.9. The van der Waals surface area contributed by atoms with Crippen molar-refractivity contribution < 1.29 is 13.2 Å². The maximum Gasteiger partial charge on any atom is 0.259 e. The first-order valence-electron chi connectivity index (χ1n) is 10.3. The van der Waals surface area contributed by atoms with Crippen LogP contribution < -0.4 is 5.32 Å². The number of benzene rings is 2. The number of rotatable bonds is 7. The van der Waals surface area contributed by atoms with Crippen LogP contribution in [0, 0.1) is 6.92 Å². The van der Waals surface area contributed by atoms with Gasteiger partial charge in [0.05, 0.1) is 21.9 Å². The molecule has 0 radical (unpaired) electrons. The van der Waals surface area contributed by atoms with Gasteiger partial charge in [0.2, 0.25) is 10.0 Å². The predicted octanol–water partition coefficient (Wildman–Crippen LogP) is 4.47. The second-order valence-electron chi connectivity index (χ2n) is 7.77. The molecule has 0 fully saturated rings. The Kier molecular flexibility index (Phi) is 6.46. The van der Waals surface area contributed by atoms with Gasteiger partial charge in [0, 0.05) is 26.0 Å². The molecule has 0 aliphatic heterocycles. The third-order valence-corrected chi connectivity index (χ3v) is 7.87. The van der Waals surface area contributed by atoms with Gasteiger partial charge >= 0.3 is 0 Å². The molecule has 4 aromatic rings. The van der Waals surface area contributed by atoms with Crippen LogP contribution in [-0.4, -0.2) is 42.5 Å². The molecule has 0 bridgehead atoms. The largest absolute Gasteiger partial charge is 0.322 e. The van der Waals surface area contributed by atoms with Crippen LogP contribution in [0.5, 0.6) is 0 Å². The van der Waals surface area contributed by atoms with Crippen molar-refractivity contribution in [3.63, 3.8) is 0 Å². The molecule has 2 heterocycles. The first-order valence-corrected chi connectivity index (χ1v) is 12.6. The van der Waals surface area contributed by atoms with Crippen molar-refractivity contribution in [2.45, 2.75) is 18.4 Å². The Morgan fingerprint density at radius 3 is 2.52 bits per heavy atom. The summed E-state index contributed by atoms with van der Waals surface area (Å²) in [5, 5.41) is 9.50.